The van der Waals surface area contributed by atoms with Crippen LogP contribution in [0.5, 0.6) is 11.6 Å². The van der Waals surface area contributed by atoms with Crippen molar-refractivity contribution in [3.63, 3.8) is 0 Å². The molecule has 0 bridgehead atoms. The van der Waals surface area contributed by atoms with Crippen LogP contribution in [-0.2, 0) is 6.42 Å². The molecule has 0 aliphatic heterocycles. The van der Waals surface area contributed by atoms with E-state index >= 15 is 0 Å². The lowest BCUT2D eigenvalue weighted by Crippen LogP contribution is -2.25. The predicted molar refractivity (Wildman–Crippen MR) is 124 cm³/mol. The minimum Gasteiger partial charge on any atom is -0.439 e. The first-order valence-electron chi connectivity index (χ1n) is 10.4. The van der Waals surface area contributed by atoms with Gasteiger partial charge >= 0.3 is 0 Å². The summed E-state index contributed by atoms with van der Waals surface area (Å²) >= 11 is 0. The average Bonchev–Trinajstić information content (AvgIpc) is 2.81. The second kappa shape index (κ2) is 9.83. The number of aromatic nitrogens is 3. The van der Waals surface area contributed by atoms with Gasteiger partial charge in [0.2, 0.25) is 5.88 Å². The van der Waals surface area contributed by atoms with E-state index in [-0.39, 0.29) is 5.91 Å². The quantitative estimate of drug-likeness (QED) is 0.456. The molecule has 0 unspecified atom stereocenters. The van der Waals surface area contributed by atoms with Gasteiger partial charge < -0.3 is 10.1 Å². The fraction of sp³-hybridized carbons (Fsp3) is 0.154. The number of nitrogens with zero attached hydrogens (tertiary/aromatic N) is 3. The van der Waals surface area contributed by atoms with Crippen molar-refractivity contribution in [3.05, 3.63) is 102 Å². The maximum atomic E-state index is 12.9. The molecule has 1 N–H and O–H groups in total. The van der Waals surface area contributed by atoms with Crippen LogP contribution in [0.3, 0.4) is 0 Å². The van der Waals surface area contributed by atoms with E-state index in [0.717, 1.165) is 28.1 Å². The number of carbonyl (C=O) groups excluding carboxylic acids is 1. The molecule has 0 aliphatic carbocycles. The van der Waals surface area contributed by atoms with Gasteiger partial charge in [-0.05, 0) is 67.8 Å². The molecule has 0 aliphatic rings. The van der Waals surface area contributed by atoms with Gasteiger partial charge in [-0.3, -0.25) is 14.8 Å². The van der Waals surface area contributed by atoms with E-state index in [1.165, 1.54) is 0 Å². The molecule has 6 heteroatoms. The fourth-order valence-electron chi connectivity index (χ4n) is 3.17. The Bertz CT molecular complexity index is 1190. The number of hydrogen-bond acceptors (Lipinski definition) is 5. The first kappa shape index (κ1) is 21.2. The van der Waals surface area contributed by atoms with Crippen LogP contribution in [0.4, 0.5) is 0 Å². The highest BCUT2D eigenvalue weighted by molar-refractivity contribution is 5.96. The molecular formula is C26H24N4O2. The van der Waals surface area contributed by atoms with Crippen molar-refractivity contribution in [2.75, 3.05) is 6.54 Å². The van der Waals surface area contributed by atoms with Gasteiger partial charge in [-0.1, -0.05) is 18.2 Å². The number of benzene rings is 1. The Morgan fingerprint density at radius 2 is 1.84 bits per heavy atom. The average molecular weight is 425 g/mol. The number of nitrogens with one attached hydrogen (secondary N) is 1. The molecule has 4 aromatic rings. The van der Waals surface area contributed by atoms with E-state index in [0.29, 0.717) is 30.2 Å². The first-order valence-corrected chi connectivity index (χ1v) is 10.4. The molecule has 0 saturated heterocycles. The van der Waals surface area contributed by atoms with Gasteiger partial charge in [-0.25, -0.2) is 4.98 Å². The summed E-state index contributed by atoms with van der Waals surface area (Å²) in [6, 6.07) is 18.8. The highest BCUT2D eigenvalue weighted by Crippen LogP contribution is 2.28. The molecular weight excluding hydrogens is 400 g/mol. The maximum Gasteiger partial charge on any atom is 0.251 e. The molecule has 32 heavy (non-hydrogen) atoms. The van der Waals surface area contributed by atoms with E-state index < -0.39 is 0 Å². The van der Waals surface area contributed by atoms with Gasteiger partial charge in [0.05, 0.1) is 5.69 Å². The highest BCUT2D eigenvalue weighted by atomic mass is 16.5. The lowest BCUT2D eigenvalue weighted by atomic mass is 10.1. The number of aryl methyl sites for hydroxylation is 2. The molecule has 1 amide bonds. The third-order valence-electron chi connectivity index (χ3n) is 4.91. The Hall–Kier alpha value is -4.06. The van der Waals surface area contributed by atoms with Crippen molar-refractivity contribution < 1.29 is 9.53 Å². The SMILES string of the molecule is Cc1ccc(-c2cc(Oc3ccccn3)cc(C(=O)NCCc3ccc(C)nc3)c2)nc1. The van der Waals surface area contributed by atoms with E-state index in [1.807, 2.05) is 68.6 Å². The molecule has 4 rings (SSSR count). The first-order chi connectivity index (χ1) is 15.6. The number of amides is 1. The van der Waals surface area contributed by atoms with E-state index in [2.05, 4.69) is 20.3 Å². The molecule has 0 atom stereocenters. The molecule has 0 fully saturated rings. The zero-order chi connectivity index (χ0) is 22.3. The van der Waals surface area contributed by atoms with Crippen molar-refractivity contribution in [1.29, 1.82) is 0 Å². The number of rotatable bonds is 7. The van der Waals surface area contributed by atoms with Gasteiger partial charge in [0.25, 0.3) is 5.91 Å². The summed E-state index contributed by atoms with van der Waals surface area (Å²) in [6.45, 7) is 4.44. The molecule has 160 valence electrons. The highest BCUT2D eigenvalue weighted by Gasteiger charge is 2.12. The monoisotopic (exact) mass is 424 g/mol. The van der Waals surface area contributed by atoms with Crippen molar-refractivity contribution in [2.24, 2.45) is 0 Å². The van der Waals surface area contributed by atoms with Crippen LogP contribution in [0.15, 0.2) is 79.3 Å². The van der Waals surface area contributed by atoms with Crippen LogP contribution in [0.25, 0.3) is 11.3 Å². The number of hydrogen-bond donors (Lipinski definition) is 1. The minimum absolute atomic E-state index is 0.176. The molecule has 0 radical (unpaired) electrons. The molecule has 1 aromatic carbocycles. The van der Waals surface area contributed by atoms with Crippen LogP contribution < -0.4 is 10.1 Å². The van der Waals surface area contributed by atoms with Crippen LogP contribution in [-0.4, -0.2) is 27.4 Å². The van der Waals surface area contributed by atoms with Crippen LogP contribution in [0, 0.1) is 13.8 Å². The van der Waals surface area contributed by atoms with Gasteiger partial charge in [-0.15, -0.1) is 0 Å². The zero-order valence-electron chi connectivity index (χ0n) is 18.1. The lowest BCUT2D eigenvalue weighted by Gasteiger charge is -2.11. The summed E-state index contributed by atoms with van der Waals surface area (Å²) in [5, 5.41) is 2.98. The summed E-state index contributed by atoms with van der Waals surface area (Å²) < 4.78 is 5.91. The Balaban J connectivity index is 1.55. The predicted octanol–water partition coefficient (Wildman–Crippen LogP) is 4.92. The number of ether oxygens (including phenoxy) is 1. The van der Waals surface area contributed by atoms with Crippen molar-refractivity contribution in [2.45, 2.75) is 20.3 Å². The standard InChI is InChI=1S/C26H24N4O2/c1-18-6-9-24(30-16-18)21-13-22(15-23(14-21)32-25-5-3-4-11-27-25)26(31)28-12-10-20-8-7-19(2)29-17-20/h3-9,11,13-17H,10,12H2,1-2H3,(H,28,31). The number of pyridine rings is 3. The minimum atomic E-state index is -0.176. The normalized spacial score (nSPS) is 10.6. The zero-order valence-corrected chi connectivity index (χ0v) is 18.1. The summed E-state index contributed by atoms with van der Waals surface area (Å²) in [7, 11) is 0. The van der Waals surface area contributed by atoms with Gasteiger partial charge in [0.1, 0.15) is 5.75 Å². The number of carbonyl (C=O) groups is 1. The van der Waals surface area contributed by atoms with E-state index in [1.54, 1.807) is 24.5 Å². The fourth-order valence-corrected chi connectivity index (χ4v) is 3.17. The van der Waals surface area contributed by atoms with Crippen molar-refractivity contribution in [3.8, 4) is 22.9 Å². The molecule has 0 spiro atoms. The van der Waals surface area contributed by atoms with Gasteiger partial charge in [-0.2, -0.15) is 0 Å². The van der Waals surface area contributed by atoms with Crippen molar-refractivity contribution in [1.82, 2.24) is 20.3 Å². The van der Waals surface area contributed by atoms with Gasteiger partial charge in [0, 0.05) is 48.0 Å². The molecule has 3 heterocycles. The molecule has 3 aromatic heterocycles. The van der Waals surface area contributed by atoms with Crippen molar-refractivity contribution >= 4 is 5.91 Å². The lowest BCUT2D eigenvalue weighted by molar-refractivity contribution is 0.0954. The topological polar surface area (TPSA) is 77.0 Å². The van der Waals surface area contributed by atoms with E-state index in [9.17, 15) is 4.79 Å². The summed E-state index contributed by atoms with van der Waals surface area (Å²) in [5.41, 5.74) is 5.18. The Kier molecular flexibility index (Phi) is 6.51. The van der Waals surface area contributed by atoms with Crippen LogP contribution in [0.2, 0.25) is 0 Å². The van der Waals surface area contributed by atoms with Crippen LogP contribution in [0.1, 0.15) is 27.2 Å². The Morgan fingerprint density at radius 3 is 2.56 bits per heavy atom. The third-order valence-corrected chi connectivity index (χ3v) is 4.91. The third kappa shape index (κ3) is 5.55. The maximum absolute atomic E-state index is 12.9. The summed E-state index contributed by atoms with van der Waals surface area (Å²) in [4.78, 5) is 25.9. The summed E-state index contributed by atoms with van der Waals surface area (Å²) in [6.07, 6.45) is 6.00. The largest absolute Gasteiger partial charge is 0.439 e. The second-order valence-corrected chi connectivity index (χ2v) is 7.55. The van der Waals surface area contributed by atoms with Gasteiger partial charge in [0.15, 0.2) is 0 Å². The Morgan fingerprint density at radius 1 is 0.938 bits per heavy atom. The van der Waals surface area contributed by atoms with Crippen LogP contribution >= 0.6 is 0 Å². The summed E-state index contributed by atoms with van der Waals surface area (Å²) in [5.74, 6) is 0.807. The molecule has 6 nitrogen and oxygen atoms in total. The molecule has 0 saturated carbocycles. The second-order valence-electron chi connectivity index (χ2n) is 7.55. The Labute approximate surface area is 187 Å². The van der Waals surface area contributed by atoms with E-state index in [4.69, 9.17) is 4.74 Å². The smallest absolute Gasteiger partial charge is 0.251 e.